The maximum atomic E-state index is 11.2. The van der Waals surface area contributed by atoms with Crippen LogP contribution in [0.2, 0.25) is 0 Å². The number of carbonyl (C=O) groups excluding carboxylic acids is 1. The number of rotatable bonds is 11. The summed E-state index contributed by atoms with van der Waals surface area (Å²) in [5, 5.41) is 16.9. The van der Waals surface area contributed by atoms with E-state index in [-0.39, 0.29) is 12.4 Å². The van der Waals surface area contributed by atoms with Crippen LogP contribution in [-0.2, 0) is 4.79 Å². The highest BCUT2D eigenvalue weighted by atomic mass is 16.3. The van der Waals surface area contributed by atoms with Crippen molar-refractivity contribution in [3.05, 3.63) is 0 Å². The third-order valence-electron chi connectivity index (χ3n) is 2.61. The lowest BCUT2D eigenvalue weighted by atomic mass is 10.1. The molecule has 0 aromatic rings. The summed E-state index contributed by atoms with van der Waals surface area (Å²) in [5.74, 6) is 0.276. The summed E-state index contributed by atoms with van der Waals surface area (Å²) in [6, 6.07) is 2.14. The Morgan fingerprint density at radius 1 is 0.938 bits per heavy atom. The Labute approximate surface area is 98.5 Å². The standard InChI is InChI=1S/C13H23NO2/c14-11-7-5-3-1-2-4-6-9-13(16)10-8-12-15/h15H,1-10,12H2. The molecule has 1 N–H and O–H groups in total. The molecule has 0 radical (unpaired) electrons. The number of nitriles is 1. The Morgan fingerprint density at radius 2 is 1.50 bits per heavy atom. The van der Waals surface area contributed by atoms with E-state index < -0.39 is 0 Å². The molecule has 0 unspecified atom stereocenters. The van der Waals surface area contributed by atoms with Gasteiger partial charge >= 0.3 is 0 Å². The number of Topliss-reactive ketones (excluding diaryl/α,β-unsaturated/α-hetero) is 1. The van der Waals surface area contributed by atoms with Crippen molar-refractivity contribution in [3.8, 4) is 6.07 Å². The fraction of sp³-hybridized carbons (Fsp3) is 0.846. The molecule has 0 saturated heterocycles. The van der Waals surface area contributed by atoms with Gasteiger partial charge in [-0.3, -0.25) is 4.79 Å². The highest BCUT2D eigenvalue weighted by Gasteiger charge is 2.00. The van der Waals surface area contributed by atoms with E-state index in [4.69, 9.17) is 10.4 Å². The molecule has 0 aromatic carbocycles. The molecule has 0 aliphatic carbocycles. The Balaban J connectivity index is 3.09. The van der Waals surface area contributed by atoms with Gasteiger partial charge in [-0.15, -0.1) is 0 Å². The molecule has 0 aliphatic rings. The van der Waals surface area contributed by atoms with E-state index in [1.807, 2.05) is 0 Å². The van der Waals surface area contributed by atoms with Gasteiger partial charge in [0, 0.05) is 25.9 Å². The normalized spacial score (nSPS) is 10.0. The van der Waals surface area contributed by atoms with E-state index >= 15 is 0 Å². The predicted molar refractivity (Wildman–Crippen MR) is 63.9 cm³/mol. The summed E-state index contributed by atoms with van der Waals surface area (Å²) >= 11 is 0. The first-order valence-electron chi connectivity index (χ1n) is 6.30. The topological polar surface area (TPSA) is 61.1 Å². The maximum Gasteiger partial charge on any atom is 0.132 e. The van der Waals surface area contributed by atoms with E-state index in [9.17, 15) is 4.79 Å². The molecule has 16 heavy (non-hydrogen) atoms. The molecule has 0 bridgehead atoms. The van der Waals surface area contributed by atoms with Gasteiger partial charge in [0.25, 0.3) is 0 Å². The monoisotopic (exact) mass is 225 g/mol. The van der Waals surface area contributed by atoms with Gasteiger partial charge in [-0.2, -0.15) is 5.26 Å². The van der Waals surface area contributed by atoms with Crippen LogP contribution in [0.1, 0.15) is 64.2 Å². The molecule has 3 heteroatoms. The average Bonchev–Trinajstić information content (AvgIpc) is 2.30. The molecule has 0 atom stereocenters. The van der Waals surface area contributed by atoms with E-state index in [1.54, 1.807) is 0 Å². The molecule has 0 fully saturated rings. The highest BCUT2D eigenvalue weighted by molar-refractivity contribution is 5.78. The van der Waals surface area contributed by atoms with Crippen LogP contribution in [0.25, 0.3) is 0 Å². The number of hydrogen-bond donors (Lipinski definition) is 1. The van der Waals surface area contributed by atoms with Crippen LogP contribution in [0.4, 0.5) is 0 Å². The molecule has 92 valence electrons. The number of unbranched alkanes of at least 4 members (excludes halogenated alkanes) is 6. The summed E-state index contributed by atoms with van der Waals surface area (Å²) in [6.45, 7) is 0.116. The zero-order valence-electron chi connectivity index (χ0n) is 10.1. The molecule has 0 spiro atoms. The van der Waals surface area contributed by atoms with E-state index in [1.165, 1.54) is 12.8 Å². The quantitative estimate of drug-likeness (QED) is 0.550. The van der Waals surface area contributed by atoms with Crippen LogP contribution in [0.5, 0.6) is 0 Å². The minimum absolute atomic E-state index is 0.116. The minimum Gasteiger partial charge on any atom is -0.396 e. The largest absolute Gasteiger partial charge is 0.396 e. The Morgan fingerprint density at radius 3 is 2.12 bits per heavy atom. The van der Waals surface area contributed by atoms with Gasteiger partial charge in [0.05, 0.1) is 6.07 Å². The Hall–Kier alpha value is -0.880. The minimum atomic E-state index is 0.116. The third-order valence-corrected chi connectivity index (χ3v) is 2.61. The molecule has 3 nitrogen and oxygen atoms in total. The summed E-state index contributed by atoms with van der Waals surface area (Å²) in [5.41, 5.74) is 0. The lowest BCUT2D eigenvalue weighted by molar-refractivity contribution is -0.119. The summed E-state index contributed by atoms with van der Waals surface area (Å²) < 4.78 is 0. The van der Waals surface area contributed by atoms with Gasteiger partial charge in [-0.1, -0.05) is 25.7 Å². The number of carbonyl (C=O) groups is 1. The van der Waals surface area contributed by atoms with Crippen molar-refractivity contribution in [1.82, 2.24) is 0 Å². The van der Waals surface area contributed by atoms with E-state index in [0.717, 1.165) is 25.7 Å². The molecular weight excluding hydrogens is 202 g/mol. The number of aliphatic hydroxyl groups excluding tert-OH is 1. The van der Waals surface area contributed by atoms with Crippen molar-refractivity contribution in [2.45, 2.75) is 64.2 Å². The van der Waals surface area contributed by atoms with E-state index in [0.29, 0.717) is 25.7 Å². The SMILES string of the molecule is N#CCCCCCCCCC(=O)CCCO. The van der Waals surface area contributed by atoms with Gasteiger partial charge < -0.3 is 5.11 Å². The molecular formula is C13H23NO2. The molecule has 0 heterocycles. The van der Waals surface area contributed by atoms with Crippen molar-refractivity contribution in [2.24, 2.45) is 0 Å². The van der Waals surface area contributed by atoms with Crippen LogP contribution in [-0.4, -0.2) is 17.5 Å². The van der Waals surface area contributed by atoms with Crippen molar-refractivity contribution in [2.75, 3.05) is 6.61 Å². The highest BCUT2D eigenvalue weighted by Crippen LogP contribution is 2.09. The second kappa shape index (κ2) is 12.2. The zero-order valence-corrected chi connectivity index (χ0v) is 10.1. The molecule has 0 saturated carbocycles. The number of hydrogen-bond acceptors (Lipinski definition) is 3. The first-order chi connectivity index (χ1) is 7.81. The fourth-order valence-corrected chi connectivity index (χ4v) is 1.63. The average molecular weight is 225 g/mol. The van der Waals surface area contributed by atoms with Crippen molar-refractivity contribution < 1.29 is 9.90 Å². The zero-order chi connectivity index (χ0) is 12.1. The van der Waals surface area contributed by atoms with Crippen molar-refractivity contribution in [1.29, 1.82) is 5.26 Å². The third kappa shape index (κ3) is 11.2. The van der Waals surface area contributed by atoms with Gasteiger partial charge in [0.15, 0.2) is 0 Å². The molecule has 0 aromatic heterocycles. The molecule has 0 aliphatic heterocycles. The predicted octanol–water partition coefficient (Wildman–Crippen LogP) is 2.97. The Bertz CT molecular complexity index is 208. The van der Waals surface area contributed by atoms with Gasteiger partial charge in [-0.05, 0) is 19.3 Å². The van der Waals surface area contributed by atoms with Crippen LogP contribution in [0, 0.1) is 11.3 Å². The first-order valence-corrected chi connectivity index (χ1v) is 6.30. The lowest BCUT2D eigenvalue weighted by Gasteiger charge is -2.00. The van der Waals surface area contributed by atoms with Crippen LogP contribution in [0.15, 0.2) is 0 Å². The van der Waals surface area contributed by atoms with E-state index in [2.05, 4.69) is 6.07 Å². The van der Waals surface area contributed by atoms with Crippen LogP contribution < -0.4 is 0 Å². The van der Waals surface area contributed by atoms with Gasteiger partial charge in [-0.25, -0.2) is 0 Å². The fourth-order valence-electron chi connectivity index (χ4n) is 1.63. The van der Waals surface area contributed by atoms with Crippen molar-refractivity contribution in [3.63, 3.8) is 0 Å². The number of aliphatic hydroxyl groups is 1. The number of ketones is 1. The van der Waals surface area contributed by atoms with Gasteiger partial charge in [0.2, 0.25) is 0 Å². The number of nitrogens with zero attached hydrogens (tertiary/aromatic N) is 1. The molecule has 0 rings (SSSR count). The maximum absolute atomic E-state index is 11.2. The summed E-state index contributed by atoms with van der Waals surface area (Å²) in [4.78, 5) is 11.2. The Kier molecular flexibility index (Phi) is 11.5. The first kappa shape index (κ1) is 15.1. The second-order valence-electron chi connectivity index (χ2n) is 4.15. The second-order valence-corrected chi connectivity index (χ2v) is 4.15. The lowest BCUT2D eigenvalue weighted by Crippen LogP contribution is -1.99. The smallest absolute Gasteiger partial charge is 0.132 e. The van der Waals surface area contributed by atoms with Crippen molar-refractivity contribution >= 4 is 5.78 Å². The van der Waals surface area contributed by atoms with Crippen LogP contribution >= 0.6 is 0 Å². The van der Waals surface area contributed by atoms with Crippen LogP contribution in [0.3, 0.4) is 0 Å². The van der Waals surface area contributed by atoms with Gasteiger partial charge in [0.1, 0.15) is 5.78 Å². The molecule has 0 amide bonds. The summed E-state index contributed by atoms with van der Waals surface area (Å²) in [6.07, 6.45) is 9.02. The summed E-state index contributed by atoms with van der Waals surface area (Å²) in [7, 11) is 0.